The van der Waals surface area contributed by atoms with E-state index in [0.717, 1.165) is 18.0 Å². The fraction of sp³-hybridized carbons (Fsp3) is 0.286. The Hall–Kier alpha value is -1.82. The average molecular weight is 316 g/mol. The van der Waals surface area contributed by atoms with Crippen molar-refractivity contribution < 1.29 is 13.2 Å². The number of nitrogens with zero attached hydrogens (tertiary/aromatic N) is 3. The van der Waals surface area contributed by atoms with Crippen LogP contribution in [0.15, 0.2) is 36.7 Å². The predicted molar refractivity (Wildman–Crippen MR) is 75.3 cm³/mol. The van der Waals surface area contributed by atoms with Crippen LogP contribution in [-0.4, -0.2) is 17.0 Å². The molecule has 0 fully saturated rings. The number of aromatic nitrogens is 2. The van der Waals surface area contributed by atoms with E-state index in [2.05, 4.69) is 9.97 Å². The second kappa shape index (κ2) is 5.89. The third kappa shape index (κ3) is 3.44. The lowest BCUT2D eigenvalue weighted by Gasteiger charge is -2.26. The molecule has 2 aromatic rings. The third-order valence-electron chi connectivity index (χ3n) is 3.18. The van der Waals surface area contributed by atoms with Crippen molar-refractivity contribution in [1.82, 2.24) is 9.97 Å². The van der Waals surface area contributed by atoms with E-state index in [9.17, 15) is 13.2 Å². The van der Waals surface area contributed by atoms with E-state index >= 15 is 0 Å². The van der Waals surface area contributed by atoms with Crippen molar-refractivity contribution >= 4 is 17.4 Å². The Labute approximate surface area is 125 Å². The van der Waals surface area contributed by atoms with Gasteiger partial charge in [-0.05, 0) is 25.1 Å². The quantitative estimate of drug-likeness (QED) is 0.843. The van der Waals surface area contributed by atoms with Crippen molar-refractivity contribution in [2.75, 3.05) is 11.9 Å². The molecule has 0 saturated carbocycles. The smallest absolute Gasteiger partial charge is 0.350 e. The standard InChI is InChI=1S/C14H13ClF3N3/c1-9(12-5-3-4-6-19-12)21(2)13-11(15)7-10(8-20-13)14(16,17)18/h3-9H,1-2H3. The molecule has 112 valence electrons. The minimum absolute atomic E-state index is 0.0462. The zero-order valence-electron chi connectivity index (χ0n) is 11.4. The van der Waals surface area contributed by atoms with Gasteiger partial charge in [-0.2, -0.15) is 13.2 Å². The van der Waals surface area contributed by atoms with Gasteiger partial charge >= 0.3 is 6.18 Å². The Kier molecular flexibility index (Phi) is 4.37. The van der Waals surface area contributed by atoms with Crippen LogP contribution in [0.1, 0.15) is 24.2 Å². The van der Waals surface area contributed by atoms with Gasteiger partial charge in [-0.15, -0.1) is 0 Å². The first-order valence-electron chi connectivity index (χ1n) is 6.17. The lowest BCUT2D eigenvalue weighted by atomic mass is 10.2. The molecule has 0 amide bonds. The van der Waals surface area contributed by atoms with Gasteiger partial charge in [-0.3, -0.25) is 4.98 Å². The van der Waals surface area contributed by atoms with Gasteiger partial charge in [0.05, 0.1) is 22.3 Å². The van der Waals surface area contributed by atoms with Gasteiger partial charge in [0.1, 0.15) is 5.82 Å². The molecule has 0 radical (unpaired) electrons. The second-order valence-corrected chi connectivity index (χ2v) is 4.98. The van der Waals surface area contributed by atoms with E-state index in [0.29, 0.717) is 0 Å². The minimum atomic E-state index is -4.46. The van der Waals surface area contributed by atoms with Crippen LogP contribution >= 0.6 is 11.6 Å². The topological polar surface area (TPSA) is 29.0 Å². The molecule has 7 heteroatoms. The molecule has 0 N–H and O–H groups in total. The van der Waals surface area contributed by atoms with Gasteiger partial charge in [0.25, 0.3) is 0 Å². The molecule has 0 spiro atoms. The molecule has 1 atom stereocenters. The maximum Gasteiger partial charge on any atom is 0.417 e. The van der Waals surface area contributed by atoms with Crippen molar-refractivity contribution in [3.05, 3.63) is 52.9 Å². The van der Waals surface area contributed by atoms with Gasteiger partial charge in [0, 0.05) is 19.4 Å². The first kappa shape index (κ1) is 15.6. The largest absolute Gasteiger partial charge is 0.417 e. The van der Waals surface area contributed by atoms with Gasteiger partial charge in [0.2, 0.25) is 0 Å². The summed E-state index contributed by atoms with van der Waals surface area (Å²) in [5, 5.41) is -0.0462. The monoisotopic (exact) mass is 315 g/mol. The molecule has 21 heavy (non-hydrogen) atoms. The van der Waals surface area contributed by atoms with Crippen molar-refractivity contribution in [3.8, 4) is 0 Å². The Morgan fingerprint density at radius 2 is 1.95 bits per heavy atom. The van der Waals surface area contributed by atoms with E-state index in [-0.39, 0.29) is 16.9 Å². The lowest BCUT2D eigenvalue weighted by molar-refractivity contribution is -0.137. The molecule has 0 bridgehead atoms. The van der Waals surface area contributed by atoms with Gasteiger partial charge in [-0.25, -0.2) is 4.98 Å². The summed E-state index contributed by atoms with van der Waals surface area (Å²) in [5.41, 5.74) is -0.0899. The van der Waals surface area contributed by atoms with Crippen molar-refractivity contribution in [2.24, 2.45) is 0 Å². The van der Waals surface area contributed by atoms with Crippen LogP contribution in [0, 0.1) is 0 Å². The first-order chi connectivity index (χ1) is 9.80. The molecule has 0 aliphatic rings. The minimum Gasteiger partial charge on any atom is -0.350 e. The van der Waals surface area contributed by atoms with Crippen LogP contribution < -0.4 is 4.90 Å². The maximum atomic E-state index is 12.6. The van der Waals surface area contributed by atoms with Crippen LogP contribution in [0.4, 0.5) is 19.0 Å². The van der Waals surface area contributed by atoms with Gasteiger partial charge in [0.15, 0.2) is 0 Å². The van der Waals surface area contributed by atoms with Gasteiger partial charge < -0.3 is 4.90 Å². The fourth-order valence-corrected chi connectivity index (χ4v) is 2.15. The average Bonchev–Trinajstić information content (AvgIpc) is 2.45. The van der Waals surface area contributed by atoms with Crippen LogP contribution in [0.2, 0.25) is 5.02 Å². The van der Waals surface area contributed by atoms with E-state index < -0.39 is 11.7 Å². The molecule has 2 aromatic heterocycles. The Bertz CT molecular complexity index is 617. The molecular weight excluding hydrogens is 303 g/mol. The molecule has 0 aliphatic heterocycles. The summed E-state index contributed by atoms with van der Waals surface area (Å²) in [4.78, 5) is 9.74. The van der Waals surface area contributed by atoms with Crippen molar-refractivity contribution in [3.63, 3.8) is 0 Å². The number of alkyl halides is 3. The van der Waals surface area contributed by atoms with E-state index in [1.807, 2.05) is 19.1 Å². The van der Waals surface area contributed by atoms with Crippen molar-refractivity contribution in [2.45, 2.75) is 19.1 Å². The Balaban J connectivity index is 2.30. The Morgan fingerprint density at radius 3 is 2.48 bits per heavy atom. The Morgan fingerprint density at radius 1 is 1.24 bits per heavy atom. The van der Waals surface area contributed by atoms with E-state index in [1.54, 1.807) is 24.2 Å². The highest BCUT2D eigenvalue weighted by molar-refractivity contribution is 6.33. The number of hydrogen-bond donors (Lipinski definition) is 0. The highest BCUT2D eigenvalue weighted by Crippen LogP contribution is 2.34. The summed E-state index contributed by atoms with van der Waals surface area (Å²) in [7, 11) is 1.71. The molecule has 1 unspecified atom stereocenters. The number of anilines is 1. The molecular formula is C14H13ClF3N3. The van der Waals surface area contributed by atoms with E-state index in [4.69, 9.17) is 11.6 Å². The zero-order valence-corrected chi connectivity index (χ0v) is 12.2. The third-order valence-corrected chi connectivity index (χ3v) is 3.46. The van der Waals surface area contributed by atoms with Crippen LogP contribution in [-0.2, 0) is 6.18 Å². The number of hydrogen-bond acceptors (Lipinski definition) is 3. The summed E-state index contributed by atoms with van der Waals surface area (Å²) < 4.78 is 37.8. The molecule has 0 aliphatic carbocycles. The van der Waals surface area contributed by atoms with Crippen molar-refractivity contribution in [1.29, 1.82) is 0 Å². The lowest BCUT2D eigenvalue weighted by Crippen LogP contribution is -2.24. The highest BCUT2D eigenvalue weighted by Gasteiger charge is 2.32. The maximum absolute atomic E-state index is 12.6. The van der Waals surface area contributed by atoms with Gasteiger partial charge in [-0.1, -0.05) is 17.7 Å². The first-order valence-corrected chi connectivity index (χ1v) is 6.55. The molecule has 2 rings (SSSR count). The van der Waals surface area contributed by atoms with Crippen LogP contribution in [0.25, 0.3) is 0 Å². The summed E-state index contributed by atoms with van der Waals surface area (Å²) in [6.07, 6.45) is -2.02. The summed E-state index contributed by atoms with van der Waals surface area (Å²) in [6, 6.07) is 6.17. The molecule has 0 aromatic carbocycles. The van der Waals surface area contributed by atoms with Crippen LogP contribution in [0.3, 0.4) is 0 Å². The fourth-order valence-electron chi connectivity index (χ4n) is 1.85. The number of pyridine rings is 2. The summed E-state index contributed by atoms with van der Waals surface area (Å²) >= 11 is 5.94. The number of rotatable bonds is 3. The molecule has 3 nitrogen and oxygen atoms in total. The summed E-state index contributed by atoms with van der Waals surface area (Å²) in [5.74, 6) is 0.280. The predicted octanol–water partition coefficient (Wildman–Crippen LogP) is 4.35. The number of halogens is 4. The molecule has 0 saturated heterocycles. The van der Waals surface area contributed by atoms with Crippen LogP contribution in [0.5, 0.6) is 0 Å². The zero-order chi connectivity index (χ0) is 15.6. The second-order valence-electron chi connectivity index (χ2n) is 4.57. The normalized spacial score (nSPS) is 13.0. The highest BCUT2D eigenvalue weighted by atomic mass is 35.5. The summed E-state index contributed by atoms with van der Waals surface area (Å²) in [6.45, 7) is 1.87. The molecule has 2 heterocycles. The van der Waals surface area contributed by atoms with E-state index in [1.165, 1.54) is 0 Å². The SMILES string of the molecule is CC(c1ccccn1)N(C)c1ncc(C(F)(F)F)cc1Cl.